The minimum atomic E-state index is -4.67. The third kappa shape index (κ3) is 8.58. The third-order valence-electron chi connectivity index (χ3n) is 8.26. The van der Waals surface area contributed by atoms with E-state index >= 15 is 0 Å². The number of carbonyl (C=O) groups excluding carboxylic acids is 2. The summed E-state index contributed by atoms with van der Waals surface area (Å²) in [4.78, 5) is 39.9. The lowest BCUT2D eigenvalue weighted by Gasteiger charge is -2.34. The molecule has 0 aromatic heterocycles. The first-order valence-electron chi connectivity index (χ1n) is 15.3. The van der Waals surface area contributed by atoms with Crippen molar-refractivity contribution < 1.29 is 32.1 Å². The molecule has 1 N–H and O–H groups in total. The monoisotopic (exact) mass is 688 g/mol. The second-order valence-electron chi connectivity index (χ2n) is 11.4. The molecule has 0 radical (unpaired) electrons. The molecule has 252 valence electrons. The van der Waals surface area contributed by atoms with Gasteiger partial charge in [-0.15, -0.1) is 0 Å². The summed E-state index contributed by atoms with van der Waals surface area (Å²) in [6, 6.07) is 12.1. The molecule has 1 aliphatic carbocycles. The zero-order valence-corrected chi connectivity index (χ0v) is 28.0. The van der Waals surface area contributed by atoms with Crippen molar-refractivity contribution in [2.45, 2.75) is 75.9 Å². The SMILES string of the molecule is CC[C@H](C(=O)NC1CCCCC1)N(Cc1ccc(F)cc1)C(=O)CN(c1cc(Cl)ccc1OC)S(=O)(=O)c1ccc(C)c([N+](=O)[O-])c1. The molecule has 0 unspecified atom stereocenters. The van der Waals surface area contributed by atoms with Gasteiger partial charge in [0, 0.05) is 29.2 Å². The van der Waals surface area contributed by atoms with Crippen LogP contribution < -0.4 is 14.4 Å². The molecule has 0 saturated heterocycles. The van der Waals surface area contributed by atoms with E-state index in [1.165, 1.54) is 73.5 Å². The fraction of sp³-hybridized carbons (Fsp3) is 0.394. The summed E-state index contributed by atoms with van der Waals surface area (Å²) in [5.41, 5.74) is 0.265. The molecule has 0 bridgehead atoms. The quantitative estimate of drug-likeness (QED) is 0.168. The van der Waals surface area contributed by atoms with Gasteiger partial charge in [-0.3, -0.25) is 24.0 Å². The number of hydrogen-bond donors (Lipinski definition) is 1. The summed E-state index contributed by atoms with van der Waals surface area (Å²) in [6.45, 7) is 2.30. The van der Waals surface area contributed by atoms with E-state index in [1.807, 2.05) is 0 Å². The highest BCUT2D eigenvalue weighted by molar-refractivity contribution is 7.92. The number of sulfonamides is 1. The van der Waals surface area contributed by atoms with Crippen molar-refractivity contribution >= 4 is 44.8 Å². The molecule has 1 aliphatic rings. The Hall–Kier alpha value is -4.23. The van der Waals surface area contributed by atoms with Gasteiger partial charge in [-0.05, 0) is 68.1 Å². The van der Waals surface area contributed by atoms with Gasteiger partial charge in [-0.1, -0.05) is 56.0 Å². The average Bonchev–Trinajstić information content (AvgIpc) is 3.04. The lowest BCUT2D eigenvalue weighted by atomic mass is 9.95. The molecule has 3 aromatic carbocycles. The van der Waals surface area contributed by atoms with Crippen molar-refractivity contribution in [1.82, 2.24) is 10.2 Å². The topological polar surface area (TPSA) is 139 Å². The fourth-order valence-corrected chi connectivity index (χ4v) is 7.30. The van der Waals surface area contributed by atoms with E-state index in [9.17, 15) is 32.5 Å². The van der Waals surface area contributed by atoms with Gasteiger partial charge >= 0.3 is 0 Å². The predicted octanol–water partition coefficient (Wildman–Crippen LogP) is 6.16. The number of nitrogens with zero attached hydrogens (tertiary/aromatic N) is 3. The number of halogens is 2. The van der Waals surface area contributed by atoms with Gasteiger partial charge in [0.1, 0.15) is 24.2 Å². The highest BCUT2D eigenvalue weighted by atomic mass is 35.5. The van der Waals surface area contributed by atoms with Crippen LogP contribution in [-0.2, 0) is 26.2 Å². The van der Waals surface area contributed by atoms with Gasteiger partial charge in [0.05, 0.1) is 22.6 Å². The zero-order chi connectivity index (χ0) is 34.3. The number of methoxy groups -OCH3 is 1. The molecule has 1 fully saturated rings. The number of benzene rings is 3. The van der Waals surface area contributed by atoms with Crippen molar-refractivity contribution in [3.8, 4) is 5.75 Å². The summed E-state index contributed by atoms with van der Waals surface area (Å²) in [5, 5.41) is 14.9. The second kappa shape index (κ2) is 15.6. The van der Waals surface area contributed by atoms with E-state index in [1.54, 1.807) is 6.92 Å². The van der Waals surface area contributed by atoms with Gasteiger partial charge in [-0.25, -0.2) is 12.8 Å². The minimum Gasteiger partial charge on any atom is -0.495 e. The van der Waals surface area contributed by atoms with Crippen molar-refractivity contribution in [3.05, 3.63) is 92.7 Å². The van der Waals surface area contributed by atoms with Crippen LogP contribution in [0.4, 0.5) is 15.8 Å². The maximum atomic E-state index is 14.4. The van der Waals surface area contributed by atoms with Crippen LogP contribution in [0.3, 0.4) is 0 Å². The molecule has 2 amide bonds. The van der Waals surface area contributed by atoms with Crippen molar-refractivity contribution in [2.24, 2.45) is 0 Å². The van der Waals surface area contributed by atoms with Crippen molar-refractivity contribution in [1.29, 1.82) is 0 Å². The lowest BCUT2D eigenvalue weighted by Crippen LogP contribution is -2.54. The number of carbonyl (C=O) groups is 2. The van der Waals surface area contributed by atoms with E-state index in [0.29, 0.717) is 5.56 Å². The maximum Gasteiger partial charge on any atom is 0.273 e. The number of nitro benzene ring substituents is 1. The molecule has 0 aliphatic heterocycles. The summed E-state index contributed by atoms with van der Waals surface area (Å²) in [7, 11) is -3.35. The molecular weight excluding hydrogens is 651 g/mol. The zero-order valence-electron chi connectivity index (χ0n) is 26.4. The Kier molecular flexibility index (Phi) is 11.8. The molecule has 47 heavy (non-hydrogen) atoms. The first-order chi connectivity index (χ1) is 22.3. The molecule has 14 heteroatoms. The number of rotatable bonds is 13. The van der Waals surface area contributed by atoms with E-state index in [4.69, 9.17) is 16.3 Å². The number of aryl methyl sites for hydroxylation is 1. The maximum absolute atomic E-state index is 14.4. The number of ether oxygens (including phenoxy) is 1. The largest absolute Gasteiger partial charge is 0.495 e. The Labute approximate surface area is 278 Å². The van der Waals surface area contributed by atoms with Crippen LogP contribution in [-0.4, -0.2) is 55.8 Å². The molecule has 0 heterocycles. The smallest absolute Gasteiger partial charge is 0.273 e. The standard InChI is InChI=1S/C33H38ClFN4O7S/c1-4-28(33(41)36-26-8-6-5-7-9-26)37(20-23-11-14-25(35)15-12-23)32(40)21-38(30-18-24(34)13-17-31(30)46-3)47(44,45)27-16-10-22(2)29(19-27)39(42)43/h10-19,26,28H,4-9,20-21H2,1-3H3,(H,36,41)/t28-/m1/s1. The molecule has 1 saturated carbocycles. The van der Waals surface area contributed by atoms with Gasteiger partial charge in [0.15, 0.2) is 0 Å². The highest BCUT2D eigenvalue weighted by Crippen LogP contribution is 2.36. The van der Waals surface area contributed by atoms with Gasteiger partial charge in [0.25, 0.3) is 15.7 Å². The number of nitro groups is 1. The Morgan fingerprint density at radius 3 is 2.38 bits per heavy atom. The molecule has 1 atom stereocenters. The Morgan fingerprint density at radius 1 is 1.09 bits per heavy atom. The van der Waals surface area contributed by atoms with Crippen LogP contribution in [0.5, 0.6) is 5.75 Å². The number of nitrogens with one attached hydrogen (secondary N) is 1. The molecule has 11 nitrogen and oxygen atoms in total. The van der Waals surface area contributed by atoms with E-state index in [2.05, 4.69) is 5.32 Å². The second-order valence-corrected chi connectivity index (χ2v) is 13.7. The van der Waals surface area contributed by atoms with E-state index in [0.717, 1.165) is 42.5 Å². The van der Waals surface area contributed by atoms with Gasteiger partial charge < -0.3 is 15.0 Å². The Morgan fingerprint density at radius 2 is 1.77 bits per heavy atom. The number of amides is 2. The first-order valence-corrected chi connectivity index (χ1v) is 17.1. The van der Waals surface area contributed by atoms with Crippen LogP contribution >= 0.6 is 11.6 Å². The molecule has 0 spiro atoms. The summed E-state index contributed by atoms with van der Waals surface area (Å²) < 4.78 is 48.6. The minimum absolute atomic E-state index is 0.0435. The predicted molar refractivity (Wildman–Crippen MR) is 176 cm³/mol. The van der Waals surface area contributed by atoms with Gasteiger partial charge in [0.2, 0.25) is 11.8 Å². The average molecular weight is 689 g/mol. The van der Waals surface area contributed by atoms with Crippen molar-refractivity contribution in [2.75, 3.05) is 18.0 Å². The van der Waals surface area contributed by atoms with E-state index in [-0.39, 0.29) is 46.9 Å². The summed E-state index contributed by atoms with van der Waals surface area (Å²) in [6.07, 6.45) is 4.88. The normalized spacial score (nSPS) is 14.2. The van der Waals surface area contributed by atoms with Gasteiger partial charge in [-0.2, -0.15) is 0 Å². The number of hydrogen-bond acceptors (Lipinski definition) is 7. The first kappa shape index (κ1) is 35.6. The van der Waals surface area contributed by atoms with Crippen LogP contribution in [0.15, 0.2) is 65.6 Å². The van der Waals surface area contributed by atoms with Crippen LogP contribution in [0.2, 0.25) is 5.02 Å². The highest BCUT2D eigenvalue weighted by Gasteiger charge is 2.36. The fourth-order valence-electron chi connectivity index (χ4n) is 5.70. The summed E-state index contributed by atoms with van der Waals surface area (Å²) >= 11 is 6.28. The molecule has 4 rings (SSSR count). The van der Waals surface area contributed by atoms with Crippen LogP contribution in [0.1, 0.15) is 56.6 Å². The van der Waals surface area contributed by atoms with Crippen molar-refractivity contribution in [3.63, 3.8) is 0 Å². The Bertz CT molecular complexity index is 1720. The Balaban J connectivity index is 1.80. The molecular formula is C33H38ClFN4O7S. The lowest BCUT2D eigenvalue weighted by molar-refractivity contribution is -0.385. The van der Waals surface area contributed by atoms with Crippen LogP contribution in [0, 0.1) is 22.9 Å². The van der Waals surface area contributed by atoms with E-state index < -0.39 is 49.8 Å². The molecule has 3 aromatic rings. The summed E-state index contributed by atoms with van der Waals surface area (Å²) in [5.74, 6) is -1.53. The third-order valence-corrected chi connectivity index (χ3v) is 10.2. The van der Waals surface area contributed by atoms with Crippen LogP contribution in [0.25, 0.3) is 0 Å². The number of anilines is 1.